The van der Waals surface area contributed by atoms with Crippen molar-refractivity contribution in [2.24, 2.45) is 11.7 Å². The minimum Gasteiger partial charge on any atom is -0.492 e. The van der Waals surface area contributed by atoms with Crippen molar-refractivity contribution >= 4 is 18.3 Å². The first-order valence-electron chi connectivity index (χ1n) is 6.23. The molecule has 0 bridgehead atoms. The molecule has 4 nitrogen and oxygen atoms in total. The maximum absolute atomic E-state index is 11.6. The van der Waals surface area contributed by atoms with Crippen molar-refractivity contribution in [3.63, 3.8) is 0 Å². The number of carbonyl (C=O) groups excluding carboxylic acids is 1. The number of hydrogen-bond acceptors (Lipinski definition) is 3. The predicted molar refractivity (Wildman–Crippen MR) is 79.7 cm³/mol. The molecule has 2 atom stereocenters. The molecule has 1 aromatic rings. The van der Waals surface area contributed by atoms with Gasteiger partial charge in [-0.15, -0.1) is 12.4 Å². The van der Waals surface area contributed by atoms with Crippen LogP contribution in [0.2, 0.25) is 0 Å². The number of aryl methyl sites for hydroxylation is 1. The Labute approximate surface area is 121 Å². The van der Waals surface area contributed by atoms with Crippen LogP contribution in [0.5, 0.6) is 5.75 Å². The molecule has 0 aliphatic rings. The molecule has 0 aliphatic carbocycles. The van der Waals surface area contributed by atoms with E-state index in [9.17, 15) is 4.79 Å². The molecule has 0 saturated carbocycles. The largest absolute Gasteiger partial charge is 0.492 e. The maximum Gasteiger partial charge on any atom is 0.224 e. The molecule has 0 radical (unpaired) electrons. The van der Waals surface area contributed by atoms with Gasteiger partial charge in [-0.3, -0.25) is 4.79 Å². The van der Waals surface area contributed by atoms with Gasteiger partial charge in [0.1, 0.15) is 12.4 Å². The van der Waals surface area contributed by atoms with Gasteiger partial charge in [0.05, 0.1) is 6.54 Å². The van der Waals surface area contributed by atoms with Crippen LogP contribution in [0.25, 0.3) is 0 Å². The second-order valence-electron chi connectivity index (χ2n) is 4.60. The van der Waals surface area contributed by atoms with E-state index in [0.29, 0.717) is 13.2 Å². The Morgan fingerprint density at radius 1 is 1.42 bits per heavy atom. The molecule has 1 amide bonds. The van der Waals surface area contributed by atoms with E-state index in [-0.39, 0.29) is 30.3 Å². The lowest BCUT2D eigenvalue weighted by Gasteiger charge is -2.15. The molecule has 1 aromatic carbocycles. The molecule has 5 heteroatoms. The van der Waals surface area contributed by atoms with Gasteiger partial charge in [-0.25, -0.2) is 0 Å². The smallest absolute Gasteiger partial charge is 0.224 e. The molecule has 0 aromatic heterocycles. The Morgan fingerprint density at radius 3 is 2.68 bits per heavy atom. The molecule has 3 N–H and O–H groups in total. The molecule has 1 rings (SSSR count). The highest BCUT2D eigenvalue weighted by molar-refractivity contribution is 5.85. The number of nitrogens with two attached hydrogens (primary N) is 1. The normalized spacial score (nSPS) is 13.1. The highest BCUT2D eigenvalue weighted by Crippen LogP contribution is 2.11. The molecule has 0 heterocycles. The number of rotatable bonds is 6. The van der Waals surface area contributed by atoms with Crippen molar-refractivity contribution in [3.8, 4) is 5.75 Å². The third-order valence-corrected chi connectivity index (χ3v) is 2.86. The third kappa shape index (κ3) is 6.45. The molecule has 0 fully saturated rings. The van der Waals surface area contributed by atoms with E-state index in [1.165, 1.54) is 0 Å². The summed E-state index contributed by atoms with van der Waals surface area (Å²) >= 11 is 0. The van der Waals surface area contributed by atoms with Gasteiger partial charge in [-0.2, -0.15) is 0 Å². The molecule has 0 spiro atoms. The first kappa shape index (κ1) is 17.7. The molecule has 108 valence electrons. The van der Waals surface area contributed by atoms with E-state index < -0.39 is 0 Å². The van der Waals surface area contributed by atoms with Crippen LogP contribution in [0.1, 0.15) is 19.4 Å². The number of amides is 1. The van der Waals surface area contributed by atoms with Gasteiger partial charge in [0.25, 0.3) is 0 Å². The fourth-order valence-corrected chi connectivity index (χ4v) is 1.45. The van der Waals surface area contributed by atoms with Gasteiger partial charge in [0.2, 0.25) is 5.91 Å². The number of carbonyl (C=O) groups is 1. The standard InChI is InChI=1S/C14H22N2O2.ClH/c1-10-5-4-6-13(9-10)18-8-7-16-14(17)11(2)12(3)15;/h4-6,9,11-12H,7-8,15H2,1-3H3,(H,16,17);1H. The van der Waals surface area contributed by atoms with Crippen LogP contribution in [0.15, 0.2) is 24.3 Å². The Kier molecular flexibility index (Phi) is 8.19. The van der Waals surface area contributed by atoms with Crippen molar-refractivity contribution in [1.82, 2.24) is 5.32 Å². The summed E-state index contributed by atoms with van der Waals surface area (Å²) in [6.45, 7) is 6.61. The minimum atomic E-state index is -0.177. The summed E-state index contributed by atoms with van der Waals surface area (Å²) in [5, 5.41) is 2.80. The van der Waals surface area contributed by atoms with Gasteiger partial charge in [0.15, 0.2) is 0 Å². The van der Waals surface area contributed by atoms with E-state index in [0.717, 1.165) is 11.3 Å². The van der Waals surface area contributed by atoms with Crippen molar-refractivity contribution in [2.75, 3.05) is 13.2 Å². The Morgan fingerprint density at radius 2 is 2.11 bits per heavy atom. The summed E-state index contributed by atoms with van der Waals surface area (Å²) in [4.78, 5) is 11.6. The van der Waals surface area contributed by atoms with Crippen molar-refractivity contribution in [1.29, 1.82) is 0 Å². The van der Waals surface area contributed by atoms with E-state index >= 15 is 0 Å². The molecular formula is C14H23ClN2O2. The SMILES string of the molecule is Cc1cccc(OCCNC(=O)C(C)C(C)N)c1.Cl. The summed E-state index contributed by atoms with van der Waals surface area (Å²) in [5.41, 5.74) is 6.81. The van der Waals surface area contributed by atoms with Crippen LogP contribution >= 0.6 is 12.4 Å². The van der Waals surface area contributed by atoms with Gasteiger partial charge in [-0.1, -0.05) is 19.1 Å². The highest BCUT2D eigenvalue weighted by Gasteiger charge is 2.15. The Balaban J connectivity index is 0.00000324. The second kappa shape index (κ2) is 8.77. The van der Waals surface area contributed by atoms with Gasteiger partial charge in [0, 0.05) is 12.0 Å². The number of ether oxygens (including phenoxy) is 1. The first-order chi connectivity index (χ1) is 8.50. The molecular weight excluding hydrogens is 264 g/mol. The fraction of sp³-hybridized carbons (Fsp3) is 0.500. The number of benzene rings is 1. The van der Waals surface area contributed by atoms with Crippen molar-refractivity contribution in [2.45, 2.75) is 26.8 Å². The highest BCUT2D eigenvalue weighted by atomic mass is 35.5. The zero-order chi connectivity index (χ0) is 13.5. The third-order valence-electron chi connectivity index (χ3n) is 2.86. The summed E-state index contributed by atoms with van der Waals surface area (Å²) in [5.74, 6) is 0.617. The second-order valence-corrected chi connectivity index (χ2v) is 4.60. The minimum absolute atomic E-state index is 0. The van der Waals surface area contributed by atoms with E-state index in [1.54, 1.807) is 0 Å². The van der Waals surface area contributed by atoms with Crippen LogP contribution < -0.4 is 15.8 Å². The lowest BCUT2D eigenvalue weighted by molar-refractivity contribution is -0.125. The van der Waals surface area contributed by atoms with Crippen LogP contribution in [0, 0.1) is 12.8 Å². The molecule has 2 unspecified atom stereocenters. The summed E-state index contributed by atoms with van der Waals surface area (Å²) in [6.07, 6.45) is 0. The summed E-state index contributed by atoms with van der Waals surface area (Å²) in [6, 6.07) is 7.69. The predicted octanol–water partition coefficient (Wildman–Crippen LogP) is 1.90. The topological polar surface area (TPSA) is 64.3 Å². The quantitative estimate of drug-likeness (QED) is 0.785. The van der Waals surface area contributed by atoms with Crippen LogP contribution in [-0.2, 0) is 4.79 Å². The Bertz CT molecular complexity index is 397. The van der Waals surface area contributed by atoms with Crippen LogP contribution in [0.4, 0.5) is 0 Å². The zero-order valence-electron chi connectivity index (χ0n) is 11.7. The first-order valence-corrected chi connectivity index (χ1v) is 6.23. The zero-order valence-corrected chi connectivity index (χ0v) is 12.5. The number of halogens is 1. The number of nitrogens with one attached hydrogen (secondary N) is 1. The van der Waals surface area contributed by atoms with Gasteiger partial charge >= 0.3 is 0 Å². The average Bonchev–Trinajstić information content (AvgIpc) is 2.33. The summed E-state index contributed by atoms with van der Waals surface area (Å²) < 4.78 is 5.53. The van der Waals surface area contributed by atoms with Gasteiger partial charge < -0.3 is 15.8 Å². The maximum atomic E-state index is 11.6. The van der Waals surface area contributed by atoms with Crippen molar-refractivity contribution < 1.29 is 9.53 Å². The average molecular weight is 287 g/mol. The monoisotopic (exact) mass is 286 g/mol. The van der Waals surface area contributed by atoms with E-state index in [2.05, 4.69) is 5.32 Å². The van der Waals surface area contributed by atoms with Crippen molar-refractivity contribution in [3.05, 3.63) is 29.8 Å². The van der Waals surface area contributed by atoms with E-state index in [1.807, 2.05) is 45.0 Å². The fourth-order valence-electron chi connectivity index (χ4n) is 1.45. The van der Waals surface area contributed by atoms with Crippen LogP contribution in [0.3, 0.4) is 0 Å². The molecule has 19 heavy (non-hydrogen) atoms. The Hall–Kier alpha value is -1.26. The summed E-state index contributed by atoms with van der Waals surface area (Å²) in [7, 11) is 0. The lowest BCUT2D eigenvalue weighted by Crippen LogP contribution is -2.40. The number of hydrogen-bond donors (Lipinski definition) is 2. The molecule has 0 aliphatic heterocycles. The van der Waals surface area contributed by atoms with Gasteiger partial charge in [-0.05, 0) is 31.5 Å². The van der Waals surface area contributed by atoms with E-state index in [4.69, 9.17) is 10.5 Å². The van der Waals surface area contributed by atoms with Crippen LogP contribution in [-0.4, -0.2) is 25.1 Å². The molecule has 0 saturated heterocycles. The lowest BCUT2D eigenvalue weighted by atomic mass is 10.0.